The summed E-state index contributed by atoms with van der Waals surface area (Å²) in [6.07, 6.45) is 0.229. The standard InChI is InChI=1S/C9H17O7P/c1-17(14,15)16-7(9(12)13)5-3-2-4-6-8(10)11/h7H,2-6H2,1H3,(H,10,11)(H,12,13)(H,14,15). The fourth-order valence-corrected chi connectivity index (χ4v) is 1.91. The molecule has 3 N–H and O–H groups in total. The first kappa shape index (κ1) is 16.1. The second kappa shape index (κ2) is 7.42. The van der Waals surface area contributed by atoms with E-state index in [1.165, 1.54) is 0 Å². The first-order valence-corrected chi connectivity index (χ1v) is 7.18. The molecule has 0 aliphatic carbocycles. The largest absolute Gasteiger partial charge is 0.481 e. The second-order valence-electron chi connectivity index (χ2n) is 3.73. The third kappa shape index (κ3) is 9.99. The molecule has 100 valence electrons. The van der Waals surface area contributed by atoms with Crippen LogP contribution in [0.5, 0.6) is 0 Å². The molecule has 8 heteroatoms. The molecule has 0 rings (SSSR count). The molecule has 0 aromatic rings. The van der Waals surface area contributed by atoms with Crippen LogP contribution < -0.4 is 0 Å². The van der Waals surface area contributed by atoms with E-state index in [1.807, 2.05) is 0 Å². The smallest absolute Gasteiger partial charge is 0.333 e. The van der Waals surface area contributed by atoms with Crippen molar-refractivity contribution in [2.45, 2.75) is 38.2 Å². The number of hydrogen-bond donors (Lipinski definition) is 3. The zero-order chi connectivity index (χ0) is 13.5. The number of carbonyl (C=O) groups is 2. The van der Waals surface area contributed by atoms with E-state index in [0.29, 0.717) is 19.3 Å². The molecule has 2 atom stereocenters. The number of carboxylic acid groups (broad SMARTS) is 2. The van der Waals surface area contributed by atoms with E-state index < -0.39 is 25.6 Å². The minimum atomic E-state index is -3.82. The van der Waals surface area contributed by atoms with Crippen LogP contribution in [0.4, 0.5) is 0 Å². The summed E-state index contributed by atoms with van der Waals surface area (Å²) in [5, 5.41) is 17.1. The van der Waals surface area contributed by atoms with Crippen LogP contribution in [0.3, 0.4) is 0 Å². The molecular weight excluding hydrogens is 251 g/mol. The molecule has 0 fully saturated rings. The lowest BCUT2D eigenvalue weighted by molar-refractivity contribution is -0.146. The lowest BCUT2D eigenvalue weighted by Gasteiger charge is -2.14. The van der Waals surface area contributed by atoms with Crippen molar-refractivity contribution in [1.29, 1.82) is 0 Å². The van der Waals surface area contributed by atoms with E-state index in [2.05, 4.69) is 4.52 Å². The monoisotopic (exact) mass is 268 g/mol. The minimum absolute atomic E-state index is 0.0326. The maximum Gasteiger partial charge on any atom is 0.333 e. The Morgan fingerprint density at radius 3 is 2.24 bits per heavy atom. The Morgan fingerprint density at radius 1 is 1.24 bits per heavy atom. The van der Waals surface area contributed by atoms with Gasteiger partial charge in [0.15, 0.2) is 6.10 Å². The predicted molar refractivity (Wildman–Crippen MR) is 59.0 cm³/mol. The van der Waals surface area contributed by atoms with Gasteiger partial charge in [0.05, 0.1) is 0 Å². The minimum Gasteiger partial charge on any atom is -0.481 e. The van der Waals surface area contributed by atoms with E-state index in [1.54, 1.807) is 0 Å². The molecule has 0 heterocycles. The summed E-state index contributed by atoms with van der Waals surface area (Å²) in [4.78, 5) is 29.8. The van der Waals surface area contributed by atoms with Crippen LogP contribution in [0.15, 0.2) is 0 Å². The maximum absolute atomic E-state index is 10.9. The molecule has 2 unspecified atom stereocenters. The summed E-state index contributed by atoms with van der Waals surface area (Å²) in [5.74, 6) is -2.19. The molecule has 7 nitrogen and oxygen atoms in total. The first-order chi connectivity index (χ1) is 7.72. The predicted octanol–water partition coefficient (Wildman–Crippen LogP) is 1.31. The van der Waals surface area contributed by atoms with Gasteiger partial charge in [-0.2, -0.15) is 0 Å². The van der Waals surface area contributed by atoms with E-state index in [0.717, 1.165) is 6.66 Å². The van der Waals surface area contributed by atoms with Crippen molar-refractivity contribution < 1.29 is 33.8 Å². The molecule has 0 aliphatic rings. The number of aliphatic carboxylic acids is 2. The fourth-order valence-electron chi connectivity index (χ4n) is 1.24. The Morgan fingerprint density at radius 2 is 1.82 bits per heavy atom. The molecule has 0 saturated carbocycles. The molecule has 0 amide bonds. The van der Waals surface area contributed by atoms with Gasteiger partial charge in [0.2, 0.25) is 0 Å². The van der Waals surface area contributed by atoms with Crippen LogP contribution >= 0.6 is 7.60 Å². The third-order valence-corrected chi connectivity index (χ3v) is 2.60. The van der Waals surface area contributed by atoms with Gasteiger partial charge in [0, 0.05) is 13.1 Å². The van der Waals surface area contributed by atoms with Gasteiger partial charge in [-0.15, -0.1) is 0 Å². The van der Waals surface area contributed by atoms with Crippen LogP contribution in [0, 0.1) is 0 Å². The quantitative estimate of drug-likeness (QED) is 0.425. The number of rotatable bonds is 9. The highest BCUT2D eigenvalue weighted by Crippen LogP contribution is 2.39. The fraction of sp³-hybridized carbons (Fsp3) is 0.778. The Labute approximate surface area is 98.9 Å². The van der Waals surface area contributed by atoms with Gasteiger partial charge in [0.25, 0.3) is 0 Å². The van der Waals surface area contributed by atoms with Crippen LogP contribution in [0.25, 0.3) is 0 Å². The van der Waals surface area contributed by atoms with Crippen molar-refractivity contribution in [2.75, 3.05) is 6.66 Å². The normalized spacial score (nSPS) is 16.1. The van der Waals surface area contributed by atoms with E-state index in [4.69, 9.17) is 15.1 Å². The maximum atomic E-state index is 10.9. The first-order valence-electron chi connectivity index (χ1n) is 5.15. The van der Waals surface area contributed by atoms with Crippen molar-refractivity contribution in [3.63, 3.8) is 0 Å². The summed E-state index contributed by atoms with van der Waals surface area (Å²) in [7, 11) is -3.82. The Kier molecular flexibility index (Phi) is 7.03. The average Bonchev–Trinajstić information content (AvgIpc) is 2.12. The van der Waals surface area contributed by atoms with Crippen LogP contribution in [0.2, 0.25) is 0 Å². The zero-order valence-corrected chi connectivity index (χ0v) is 10.4. The van der Waals surface area contributed by atoms with Gasteiger partial charge in [0.1, 0.15) is 0 Å². The van der Waals surface area contributed by atoms with Crippen LogP contribution in [0.1, 0.15) is 32.1 Å². The summed E-state index contributed by atoms with van der Waals surface area (Å²) in [6.45, 7) is 0.924. The molecular formula is C9H17O7P. The van der Waals surface area contributed by atoms with Crippen LogP contribution in [-0.4, -0.2) is 39.8 Å². The molecule has 0 aromatic heterocycles. The summed E-state index contributed by atoms with van der Waals surface area (Å²) < 4.78 is 15.4. The molecule has 17 heavy (non-hydrogen) atoms. The Hall–Kier alpha value is -0.910. The highest BCUT2D eigenvalue weighted by atomic mass is 31.2. The molecule has 0 bridgehead atoms. The lowest BCUT2D eigenvalue weighted by atomic mass is 10.1. The van der Waals surface area contributed by atoms with Crippen molar-refractivity contribution in [3.05, 3.63) is 0 Å². The number of hydrogen-bond acceptors (Lipinski definition) is 4. The van der Waals surface area contributed by atoms with Crippen molar-refractivity contribution in [1.82, 2.24) is 0 Å². The Bertz CT molecular complexity index is 308. The van der Waals surface area contributed by atoms with Gasteiger partial charge in [-0.3, -0.25) is 13.9 Å². The van der Waals surface area contributed by atoms with E-state index in [9.17, 15) is 14.2 Å². The SMILES string of the molecule is CP(=O)(O)OC(CCCCCC(=O)O)C(=O)O. The number of carboxylic acids is 2. The zero-order valence-electron chi connectivity index (χ0n) is 9.53. The van der Waals surface area contributed by atoms with Crippen molar-refractivity contribution in [2.24, 2.45) is 0 Å². The molecule has 0 spiro atoms. The summed E-state index contributed by atoms with van der Waals surface area (Å²) in [5.41, 5.74) is 0. The van der Waals surface area contributed by atoms with Crippen molar-refractivity contribution >= 4 is 19.5 Å². The van der Waals surface area contributed by atoms with Gasteiger partial charge < -0.3 is 15.1 Å². The van der Waals surface area contributed by atoms with Crippen LogP contribution in [-0.2, 0) is 18.7 Å². The van der Waals surface area contributed by atoms with E-state index >= 15 is 0 Å². The van der Waals surface area contributed by atoms with Gasteiger partial charge in [-0.25, -0.2) is 4.79 Å². The lowest BCUT2D eigenvalue weighted by Crippen LogP contribution is -2.22. The molecule has 0 saturated heterocycles. The molecule has 0 aliphatic heterocycles. The van der Waals surface area contributed by atoms with Crippen molar-refractivity contribution in [3.8, 4) is 0 Å². The average molecular weight is 268 g/mol. The topological polar surface area (TPSA) is 121 Å². The molecule has 0 radical (unpaired) electrons. The summed E-state index contributed by atoms with van der Waals surface area (Å²) >= 11 is 0. The number of unbranched alkanes of at least 4 members (excludes halogenated alkanes) is 2. The van der Waals surface area contributed by atoms with Gasteiger partial charge >= 0.3 is 19.5 Å². The second-order valence-corrected chi connectivity index (χ2v) is 5.55. The van der Waals surface area contributed by atoms with Gasteiger partial charge in [-0.1, -0.05) is 12.8 Å². The van der Waals surface area contributed by atoms with Gasteiger partial charge in [-0.05, 0) is 12.8 Å². The third-order valence-electron chi connectivity index (χ3n) is 1.96. The highest BCUT2D eigenvalue weighted by Gasteiger charge is 2.25. The molecule has 0 aromatic carbocycles. The Balaban J connectivity index is 3.91. The highest BCUT2D eigenvalue weighted by molar-refractivity contribution is 7.51. The van der Waals surface area contributed by atoms with E-state index in [-0.39, 0.29) is 12.8 Å². The summed E-state index contributed by atoms with van der Waals surface area (Å²) in [6, 6.07) is 0.